The fourth-order valence-corrected chi connectivity index (χ4v) is 3.35. The Bertz CT molecular complexity index is 874. The van der Waals surface area contributed by atoms with E-state index in [-0.39, 0.29) is 11.7 Å². The summed E-state index contributed by atoms with van der Waals surface area (Å²) in [6, 6.07) is 15.7. The van der Waals surface area contributed by atoms with Crippen molar-refractivity contribution in [2.75, 3.05) is 25.0 Å². The maximum Gasteiger partial charge on any atom is 0.232 e. The smallest absolute Gasteiger partial charge is 0.232 e. The minimum Gasteiger partial charge on any atom is -0.468 e. The van der Waals surface area contributed by atoms with Gasteiger partial charge in [0, 0.05) is 12.1 Å². The maximum atomic E-state index is 9.40. The van der Waals surface area contributed by atoms with Crippen molar-refractivity contribution >= 4 is 5.88 Å². The van der Waals surface area contributed by atoms with Crippen molar-refractivity contribution in [1.29, 1.82) is 5.26 Å². The molecule has 6 nitrogen and oxygen atoms in total. The lowest BCUT2D eigenvalue weighted by Crippen LogP contribution is -2.30. The van der Waals surface area contributed by atoms with E-state index in [0.29, 0.717) is 18.3 Å². The molecule has 0 saturated carbocycles. The van der Waals surface area contributed by atoms with Crippen molar-refractivity contribution in [2.24, 2.45) is 0 Å². The van der Waals surface area contributed by atoms with Gasteiger partial charge < -0.3 is 14.2 Å². The van der Waals surface area contributed by atoms with Crippen molar-refractivity contribution in [3.05, 3.63) is 60.2 Å². The Hall–Kier alpha value is -3.04. The predicted octanol–water partition coefficient (Wildman–Crippen LogP) is 4.06. The molecule has 1 fully saturated rings. The number of anilines is 1. The third-order valence-electron chi connectivity index (χ3n) is 4.66. The molecule has 1 aliphatic heterocycles. The molecule has 0 radical (unpaired) electrons. The monoisotopic (exact) mass is 348 g/mol. The van der Waals surface area contributed by atoms with Crippen LogP contribution in [0.5, 0.6) is 0 Å². The highest BCUT2D eigenvalue weighted by molar-refractivity contribution is 5.58. The van der Waals surface area contributed by atoms with E-state index in [1.807, 2.05) is 42.5 Å². The highest BCUT2D eigenvalue weighted by Gasteiger charge is 2.26. The lowest BCUT2D eigenvalue weighted by molar-refractivity contribution is 0.224. The molecule has 3 aromatic rings. The van der Waals surface area contributed by atoms with Crippen LogP contribution in [0.3, 0.4) is 0 Å². The van der Waals surface area contributed by atoms with Gasteiger partial charge >= 0.3 is 0 Å². The normalized spacial score (nSPS) is 15.7. The largest absolute Gasteiger partial charge is 0.468 e. The van der Waals surface area contributed by atoms with Crippen LogP contribution in [0.1, 0.15) is 30.3 Å². The molecule has 0 spiro atoms. The van der Waals surface area contributed by atoms with Gasteiger partial charge in [-0.2, -0.15) is 10.2 Å². The molecule has 4 rings (SSSR count). The van der Waals surface area contributed by atoms with Crippen molar-refractivity contribution < 1.29 is 8.83 Å². The predicted molar refractivity (Wildman–Crippen MR) is 97.4 cm³/mol. The zero-order valence-electron chi connectivity index (χ0n) is 14.4. The topological polar surface area (TPSA) is 78.2 Å². The van der Waals surface area contributed by atoms with Crippen LogP contribution in [0, 0.1) is 11.3 Å². The van der Waals surface area contributed by atoms with Crippen LogP contribution in [0.2, 0.25) is 0 Å². The molecule has 1 aromatic carbocycles. The summed E-state index contributed by atoms with van der Waals surface area (Å²) in [5.74, 6) is 1.77. The number of nitrogens with one attached hydrogen (secondary N) is 1. The molecule has 1 atom stereocenters. The Morgan fingerprint density at radius 3 is 2.65 bits per heavy atom. The quantitative estimate of drug-likeness (QED) is 0.724. The molecular formula is C20H20N4O2. The van der Waals surface area contributed by atoms with E-state index in [2.05, 4.69) is 21.3 Å². The standard InChI is InChI=1S/C20H20N4O2/c21-13-16-20(26-19(23-16)15-7-2-1-3-8-15)22-14-17(18-9-6-12-25-18)24-10-4-5-11-24/h1-3,6-9,12,17,22H,4-5,10-11,14H2/t17-/m1/s1. The van der Waals surface area contributed by atoms with E-state index in [1.165, 1.54) is 12.8 Å². The van der Waals surface area contributed by atoms with E-state index < -0.39 is 0 Å². The van der Waals surface area contributed by atoms with E-state index in [0.717, 1.165) is 24.4 Å². The molecule has 0 amide bonds. The molecular weight excluding hydrogens is 328 g/mol. The highest BCUT2D eigenvalue weighted by atomic mass is 16.4. The SMILES string of the molecule is N#Cc1nc(-c2ccccc2)oc1NC[C@H](c1ccco1)N1CCCC1. The second-order valence-corrected chi connectivity index (χ2v) is 6.33. The lowest BCUT2D eigenvalue weighted by Gasteiger charge is -2.25. The molecule has 26 heavy (non-hydrogen) atoms. The zero-order chi connectivity index (χ0) is 17.8. The number of hydrogen-bond acceptors (Lipinski definition) is 6. The third-order valence-corrected chi connectivity index (χ3v) is 4.66. The summed E-state index contributed by atoms with van der Waals surface area (Å²) in [7, 11) is 0. The van der Waals surface area contributed by atoms with Crippen LogP contribution in [0.4, 0.5) is 5.88 Å². The number of hydrogen-bond donors (Lipinski definition) is 1. The van der Waals surface area contributed by atoms with Gasteiger partial charge in [0.2, 0.25) is 17.5 Å². The Morgan fingerprint density at radius 1 is 1.15 bits per heavy atom. The van der Waals surface area contributed by atoms with Crippen LogP contribution in [-0.2, 0) is 0 Å². The first-order valence-corrected chi connectivity index (χ1v) is 8.83. The van der Waals surface area contributed by atoms with Gasteiger partial charge in [-0.05, 0) is 50.2 Å². The van der Waals surface area contributed by atoms with Gasteiger partial charge in [0.1, 0.15) is 11.8 Å². The summed E-state index contributed by atoms with van der Waals surface area (Å²) < 4.78 is 11.5. The maximum absolute atomic E-state index is 9.40. The van der Waals surface area contributed by atoms with Gasteiger partial charge in [0.25, 0.3) is 0 Å². The van der Waals surface area contributed by atoms with E-state index >= 15 is 0 Å². The summed E-state index contributed by atoms with van der Waals surface area (Å²) in [5, 5.41) is 12.7. The second-order valence-electron chi connectivity index (χ2n) is 6.33. The van der Waals surface area contributed by atoms with Gasteiger partial charge in [0.15, 0.2) is 0 Å². The van der Waals surface area contributed by atoms with Gasteiger partial charge in [-0.15, -0.1) is 0 Å². The molecule has 3 heterocycles. The number of aromatic nitrogens is 1. The number of rotatable bonds is 6. The van der Waals surface area contributed by atoms with Crippen molar-refractivity contribution in [3.63, 3.8) is 0 Å². The van der Waals surface area contributed by atoms with Crippen LogP contribution in [0.25, 0.3) is 11.5 Å². The second kappa shape index (κ2) is 7.46. The summed E-state index contributed by atoms with van der Waals surface area (Å²) in [4.78, 5) is 6.71. The van der Waals surface area contributed by atoms with Crippen LogP contribution in [-0.4, -0.2) is 29.5 Å². The zero-order valence-corrected chi connectivity index (χ0v) is 14.4. The van der Waals surface area contributed by atoms with Crippen molar-refractivity contribution in [3.8, 4) is 17.5 Å². The molecule has 2 aromatic heterocycles. The van der Waals surface area contributed by atoms with Crippen LogP contribution >= 0.6 is 0 Å². The van der Waals surface area contributed by atoms with E-state index in [9.17, 15) is 5.26 Å². The molecule has 0 aliphatic carbocycles. The van der Waals surface area contributed by atoms with E-state index in [1.54, 1.807) is 6.26 Å². The highest BCUT2D eigenvalue weighted by Crippen LogP contribution is 2.29. The molecule has 0 bridgehead atoms. The number of likely N-dealkylation sites (tertiary alicyclic amines) is 1. The number of benzene rings is 1. The summed E-state index contributed by atoms with van der Waals surface area (Å²) in [6.45, 7) is 2.68. The Balaban J connectivity index is 1.54. The minimum absolute atomic E-state index is 0.101. The van der Waals surface area contributed by atoms with Gasteiger partial charge in [-0.25, -0.2) is 0 Å². The fraction of sp³-hybridized carbons (Fsp3) is 0.300. The van der Waals surface area contributed by atoms with Crippen LogP contribution < -0.4 is 5.32 Å². The first-order chi connectivity index (χ1) is 12.8. The Labute approximate surface area is 152 Å². The average molecular weight is 348 g/mol. The minimum atomic E-state index is 0.101. The summed E-state index contributed by atoms with van der Waals surface area (Å²) in [5.41, 5.74) is 1.11. The first kappa shape index (κ1) is 16.4. The van der Waals surface area contributed by atoms with Gasteiger partial charge in [-0.1, -0.05) is 18.2 Å². The molecule has 6 heteroatoms. The number of nitrogens with zero attached hydrogens (tertiary/aromatic N) is 3. The first-order valence-electron chi connectivity index (χ1n) is 8.83. The molecule has 132 valence electrons. The van der Waals surface area contributed by atoms with Gasteiger partial charge in [-0.3, -0.25) is 4.90 Å². The van der Waals surface area contributed by atoms with Gasteiger partial charge in [0.05, 0.1) is 12.3 Å². The summed E-state index contributed by atoms with van der Waals surface area (Å²) >= 11 is 0. The summed E-state index contributed by atoms with van der Waals surface area (Å²) in [6.07, 6.45) is 4.09. The number of nitriles is 1. The van der Waals surface area contributed by atoms with Crippen LogP contribution in [0.15, 0.2) is 57.6 Å². The molecule has 1 N–H and O–H groups in total. The Morgan fingerprint density at radius 2 is 1.96 bits per heavy atom. The average Bonchev–Trinajstić information content (AvgIpc) is 3.45. The molecule has 0 unspecified atom stereocenters. The lowest BCUT2D eigenvalue weighted by atomic mass is 10.2. The fourth-order valence-electron chi connectivity index (χ4n) is 3.35. The number of furan rings is 1. The molecule has 1 aliphatic rings. The third kappa shape index (κ3) is 3.35. The van der Waals surface area contributed by atoms with Crippen molar-refractivity contribution in [1.82, 2.24) is 9.88 Å². The van der Waals surface area contributed by atoms with Crippen molar-refractivity contribution in [2.45, 2.75) is 18.9 Å². The van der Waals surface area contributed by atoms with E-state index in [4.69, 9.17) is 8.83 Å². The number of oxazole rings is 1. The molecule has 1 saturated heterocycles. The Kier molecular flexibility index (Phi) is 4.71.